The lowest BCUT2D eigenvalue weighted by Gasteiger charge is -2.20. The van der Waals surface area contributed by atoms with Gasteiger partial charge in [0.2, 0.25) is 0 Å². The van der Waals surface area contributed by atoms with Gasteiger partial charge in [-0.05, 0) is 6.42 Å². The summed E-state index contributed by atoms with van der Waals surface area (Å²) in [5.41, 5.74) is 0. The number of carbonyl (C=O) groups excluding carboxylic acids is 1. The van der Waals surface area contributed by atoms with Gasteiger partial charge in [-0.15, -0.1) is 0 Å². The molecule has 198 valence electrons. The summed E-state index contributed by atoms with van der Waals surface area (Å²) in [4.78, 5) is 22.7. The maximum Gasteiger partial charge on any atom is 0.333 e. The Morgan fingerprint density at radius 3 is 1.85 bits per heavy atom. The first-order chi connectivity index (χ1) is 15.8. The van der Waals surface area contributed by atoms with E-state index >= 15 is 0 Å². The molecule has 0 aliphatic rings. The summed E-state index contributed by atoms with van der Waals surface area (Å²) >= 11 is 0. The van der Waals surface area contributed by atoms with Crippen LogP contribution in [0.5, 0.6) is 0 Å². The van der Waals surface area contributed by atoms with Crippen molar-refractivity contribution >= 4 is 13.6 Å². The molecule has 2 atom stereocenters. The summed E-state index contributed by atoms with van der Waals surface area (Å²) in [5.74, 6) is -0.362. The van der Waals surface area contributed by atoms with Crippen molar-refractivity contribution in [3.05, 3.63) is 0 Å². The standard InChI is InChI=1S/C25H52NO6P/c1-5-7-8-9-10-11-12-13-14-15-16-17-18-20-30-22-24(32-25(27)6-2)23-31-33(28,29)21-19-26(3)4/h24H,5-23H2,1-4H3,(H,28,29)/p+1. The number of rotatable bonds is 24. The SMILES string of the molecule is CCCCCCCCCCCCCCCOCC(COP(=O)(O)CC[NH+](C)C)OC(=O)CC. The van der Waals surface area contributed by atoms with Crippen molar-refractivity contribution in [3.8, 4) is 0 Å². The summed E-state index contributed by atoms with van der Waals surface area (Å²) in [6, 6.07) is 0. The van der Waals surface area contributed by atoms with Crippen molar-refractivity contribution in [2.45, 2.75) is 110 Å². The minimum Gasteiger partial charge on any atom is -0.457 e. The van der Waals surface area contributed by atoms with Crippen LogP contribution in [0.25, 0.3) is 0 Å². The van der Waals surface area contributed by atoms with E-state index in [-0.39, 0.29) is 31.8 Å². The third-order valence-electron chi connectivity index (χ3n) is 5.64. The van der Waals surface area contributed by atoms with Crippen LogP contribution < -0.4 is 4.90 Å². The first kappa shape index (κ1) is 32.5. The molecule has 0 radical (unpaired) electrons. The van der Waals surface area contributed by atoms with E-state index in [9.17, 15) is 14.3 Å². The van der Waals surface area contributed by atoms with Gasteiger partial charge in [0, 0.05) is 13.0 Å². The van der Waals surface area contributed by atoms with Crippen LogP contribution in [0.15, 0.2) is 0 Å². The van der Waals surface area contributed by atoms with E-state index in [1.165, 1.54) is 70.6 Å². The lowest BCUT2D eigenvalue weighted by atomic mass is 10.0. The number of hydrogen-bond donors (Lipinski definition) is 2. The smallest absolute Gasteiger partial charge is 0.333 e. The van der Waals surface area contributed by atoms with Gasteiger partial charge >= 0.3 is 13.6 Å². The van der Waals surface area contributed by atoms with Crippen LogP contribution in [0.3, 0.4) is 0 Å². The van der Waals surface area contributed by atoms with Crippen LogP contribution >= 0.6 is 7.60 Å². The van der Waals surface area contributed by atoms with E-state index in [1.807, 2.05) is 14.1 Å². The molecule has 0 aliphatic heterocycles. The molecular formula is C25H53NO6P+. The van der Waals surface area contributed by atoms with Crippen LogP contribution in [0.1, 0.15) is 104 Å². The first-order valence-electron chi connectivity index (χ1n) is 13.3. The molecule has 0 saturated heterocycles. The number of quaternary nitrogens is 1. The summed E-state index contributed by atoms with van der Waals surface area (Å²) in [5, 5.41) is 0. The second-order valence-electron chi connectivity index (χ2n) is 9.40. The van der Waals surface area contributed by atoms with Crippen molar-refractivity contribution in [3.63, 3.8) is 0 Å². The van der Waals surface area contributed by atoms with Crippen LogP contribution in [-0.2, 0) is 23.4 Å². The zero-order valence-corrected chi connectivity index (χ0v) is 22.8. The lowest BCUT2D eigenvalue weighted by molar-refractivity contribution is -0.855. The summed E-state index contributed by atoms with van der Waals surface area (Å²) < 4.78 is 28.3. The number of nitrogens with one attached hydrogen (secondary N) is 1. The zero-order chi connectivity index (χ0) is 24.8. The van der Waals surface area contributed by atoms with Gasteiger partial charge in [-0.2, -0.15) is 0 Å². The monoisotopic (exact) mass is 494 g/mol. The highest BCUT2D eigenvalue weighted by molar-refractivity contribution is 7.52. The van der Waals surface area contributed by atoms with Crippen molar-refractivity contribution in [1.82, 2.24) is 0 Å². The van der Waals surface area contributed by atoms with Crippen LogP contribution in [0.4, 0.5) is 0 Å². The molecule has 0 heterocycles. The fraction of sp³-hybridized carbons (Fsp3) is 0.960. The second-order valence-corrected chi connectivity index (χ2v) is 11.4. The lowest BCUT2D eigenvalue weighted by Crippen LogP contribution is -3.06. The van der Waals surface area contributed by atoms with Crippen LogP contribution in [-0.4, -0.2) is 63.6 Å². The van der Waals surface area contributed by atoms with Crippen LogP contribution in [0.2, 0.25) is 0 Å². The molecule has 33 heavy (non-hydrogen) atoms. The Hall–Kier alpha value is -0.460. The molecule has 2 unspecified atom stereocenters. The molecule has 0 saturated carbocycles. The first-order valence-corrected chi connectivity index (χ1v) is 15.1. The third-order valence-corrected chi connectivity index (χ3v) is 6.98. The normalized spacial score (nSPS) is 14.4. The molecule has 0 aromatic carbocycles. The van der Waals surface area contributed by atoms with E-state index in [4.69, 9.17) is 14.0 Å². The maximum absolute atomic E-state index is 12.1. The number of unbranched alkanes of at least 4 members (excludes halogenated alkanes) is 12. The minimum atomic E-state index is -3.69. The number of carbonyl (C=O) groups is 1. The molecule has 0 spiro atoms. The molecule has 0 amide bonds. The summed E-state index contributed by atoms with van der Waals surface area (Å²) in [6.07, 6.45) is 16.6. The van der Waals surface area contributed by atoms with Gasteiger partial charge < -0.3 is 23.8 Å². The summed E-state index contributed by atoms with van der Waals surface area (Å²) in [7, 11) is 0.131. The molecule has 7 nitrogen and oxygen atoms in total. The molecule has 0 bridgehead atoms. The average molecular weight is 495 g/mol. The molecule has 0 aliphatic carbocycles. The second kappa shape index (κ2) is 22.0. The Kier molecular flexibility index (Phi) is 21.7. The average Bonchev–Trinajstić information content (AvgIpc) is 2.78. The largest absolute Gasteiger partial charge is 0.457 e. The van der Waals surface area contributed by atoms with E-state index in [2.05, 4.69) is 6.92 Å². The quantitative estimate of drug-likeness (QED) is 0.114. The molecule has 2 N–H and O–H groups in total. The Morgan fingerprint density at radius 1 is 0.848 bits per heavy atom. The molecule has 8 heteroatoms. The van der Waals surface area contributed by atoms with Gasteiger partial charge in [0.25, 0.3) is 0 Å². The molecule has 0 aromatic rings. The highest BCUT2D eigenvalue weighted by atomic mass is 31.2. The van der Waals surface area contributed by atoms with E-state index in [0.717, 1.165) is 17.7 Å². The van der Waals surface area contributed by atoms with Gasteiger partial charge in [-0.25, -0.2) is 0 Å². The Labute approximate surface area is 203 Å². The summed E-state index contributed by atoms with van der Waals surface area (Å²) in [6.45, 7) is 5.16. The van der Waals surface area contributed by atoms with Gasteiger partial charge in [-0.3, -0.25) is 9.36 Å². The van der Waals surface area contributed by atoms with Gasteiger partial charge in [-0.1, -0.05) is 90.9 Å². The fourth-order valence-electron chi connectivity index (χ4n) is 3.45. The number of ether oxygens (including phenoxy) is 2. The predicted molar refractivity (Wildman–Crippen MR) is 135 cm³/mol. The van der Waals surface area contributed by atoms with E-state index < -0.39 is 13.7 Å². The highest BCUT2D eigenvalue weighted by Gasteiger charge is 2.24. The number of esters is 1. The van der Waals surface area contributed by atoms with Crippen molar-refractivity contribution in [2.75, 3.05) is 46.6 Å². The maximum atomic E-state index is 12.1. The molecule has 0 rings (SSSR count). The number of hydrogen-bond acceptors (Lipinski definition) is 5. The van der Waals surface area contributed by atoms with Crippen molar-refractivity contribution < 1.29 is 33.2 Å². The van der Waals surface area contributed by atoms with Gasteiger partial charge in [0.1, 0.15) is 6.10 Å². The topological polar surface area (TPSA) is 86.5 Å². The van der Waals surface area contributed by atoms with Gasteiger partial charge in [0.05, 0.1) is 40.0 Å². The Bertz CT molecular complexity index is 503. The van der Waals surface area contributed by atoms with Crippen LogP contribution in [0, 0.1) is 0 Å². The molecular weight excluding hydrogens is 441 g/mol. The van der Waals surface area contributed by atoms with E-state index in [1.54, 1.807) is 6.92 Å². The highest BCUT2D eigenvalue weighted by Crippen LogP contribution is 2.41. The third kappa shape index (κ3) is 23.1. The molecule has 0 aromatic heterocycles. The van der Waals surface area contributed by atoms with Crippen molar-refractivity contribution in [1.29, 1.82) is 0 Å². The molecule has 0 fully saturated rings. The van der Waals surface area contributed by atoms with Gasteiger partial charge in [0.15, 0.2) is 0 Å². The zero-order valence-electron chi connectivity index (χ0n) is 21.9. The Balaban J connectivity index is 3.82. The van der Waals surface area contributed by atoms with E-state index in [0.29, 0.717) is 13.2 Å². The Morgan fingerprint density at radius 2 is 1.36 bits per heavy atom. The predicted octanol–water partition coefficient (Wildman–Crippen LogP) is 4.76. The fourth-order valence-corrected chi connectivity index (χ4v) is 4.71. The van der Waals surface area contributed by atoms with Crippen molar-refractivity contribution in [2.24, 2.45) is 0 Å². The minimum absolute atomic E-state index is 0.0730.